The third-order valence-electron chi connectivity index (χ3n) is 3.09. The van der Waals surface area contributed by atoms with Crippen LogP contribution in [0.2, 0.25) is 0 Å². The lowest BCUT2D eigenvalue weighted by atomic mass is 10.1. The van der Waals surface area contributed by atoms with Crippen molar-refractivity contribution in [1.82, 2.24) is 0 Å². The van der Waals surface area contributed by atoms with Gasteiger partial charge in [-0.2, -0.15) is 0 Å². The zero-order valence-electron chi connectivity index (χ0n) is 11.5. The Morgan fingerprint density at radius 1 is 1.06 bits per heavy atom. The summed E-state index contributed by atoms with van der Waals surface area (Å²) in [5, 5.41) is 0. The molecule has 0 amide bonds. The van der Waals surface area contributed by atoms with Gasteiger partial charge in [0.2, 0.25) is 0 Å². The van der Waals surface area contributed by atoms with Gasteiger partial charge in [-0.05, 0) is 37.5 Å². The van der Waals surface area contributed by atoms with E-state index in [-0.39, 0.29) is 0 Å². The normalized spacial score (nSPS) is 10.5. The van der Waals surface area contributed by atoms with Gasteiger partial charge >= 0.3 is 0 Å². The molecule has 0 aliphatic rings. The topological polar surface area (TPSA) is 29.3 Å². The maximum atomic E-state index is 6.09. The zero-order chi connectivity index (χ0) is 12.7. The Morgan fingerprint density at radius 3 is 2.18 bits per heavy atom. The number of benzene rings is 1. The van der Waals surface area contributed by atoms with E-state index in [1.807, 2.05) is 6.07 Å². The summed E-state index contributed by atoms with van der Waals surface area (Å²) in [6.45, 7) is 8.82. The number of unbranched alkanes of at least 4 members (excludes halogenated alkanes) is 2. The molecule has 96 valence electrons. The minimum absolute atomic E-state index is 0.905. The Kier molecular flexibility index (Phi) is 5.88. The van der Waals surface area contributed by atoms with Crippen LogP contribution in [0, 0.1) is 6.92 Å². The quantitative estimate of drug-likeness (QED) is 0.723. The molecule has 2 heteroatoms. The van der Waals surface area contributed by atoms with Crippen molar-refractivity contribution in [3.63, 3.8) is 0 Å². The Labute approximate surface area is 106 Å². The van der Waals surface area contributed by atoms with Gasteiger partial charge < -0.3 is 10.6 Å². The molecule has 0 saturated heterocycles. The molecular weight excluding hydrogens is 208 g/mol. The summed E-state index contributed by atoms with van der Waals surface area (Å²) < 4.78 is 0. The molecule has 0 spiro atoms. The third kappa shape index (κ3) is 4.29. The second kappa shape index (κ2) is 7.21. The molecule has 0 saturated carbocycles. The van der Waals surface area contributed by atoms with Crippen molar-refractivity contribution in [3.8, 4) is 0 Å². The number of hydrogen-bond donors (Lipinski definition) is 1. The molecule has 2 N–H and O–H groups in total. The average molecular weight is 234 g/mol. The molecule has 1 aromatic carbocycles. The number of rotatable bonds is 7. The van der Waals surface area contributed by atoms with E-state index in [4.69, 9.17) is 5.73 Å². The minimum Gasteiger partial charge on any atom is -0.397 e. The molecule has 0 aliphatic carbocycles. The maximum Gasteiger partial charge on any atom is 0.0602 e. The van der Waals surface area contributed by atoms with Crippen molar-refractivity contribution in [2.45, 2.75) is 46.5 Å². The van der Waals surface area contributed by atoms with Gasteiger partial charge in [-0.3, -0.25) is 0 Å². The highest BCUT2D eigenvalue weighted by Gasteiger charge is 2.09. The van der Waals surface area contributed by atoms with E-state index in [0.717, 1.165) is 18.8 Å². The van der Waals surface area contributed by atoms with E-state index in [2.05, 4.69) is 37.8 Å². The molecule has 0 unspecified atom stereocenters. The van der Waals surface area contributed by atoms with Crippen LogP contribution >= 0.6 is 0 Å². The van der Waals surface area contributed by atoms with E-state index in [9.17, 15) is 0 Å². The molecule has 0 aliphatic heterocycles. The van der Waals surface area contributed by atoms with Gasteiger partial charge in [0, 0.05) is 13.1 Å². The molecule has 0 atom stereocenters. The van der Waals surface area contributed by atoms with E-state index in [1.54, 1.807) is 0 Å². The van der Waals surface area contributed by atoms with Crippen molar-refractivity contribution < 1.29 is 0 Å². The van der Waals surface area contributed by atoms with Crippen LogP contribution in [0.15, 0.2) is 18.2 Å². The third-order valence-corrected chi connectivity index (χ3v) is 3.09. The first-order valence-electron chi connectivity index (χ1n) is 6.80. The number of anilines is 2. The fourth-order valence-electron chi connectivity index (χ4n) is 1.98. The lowest BCUT2D eigenvalue weighted by Gasteiger charge is -2.26. The standard InChI is InChI=1S/C15H26N2/c1-4-6-10-17(11-7-5-2)15-12-13(3)8-9-14(15)16/h8-9,12H,4-7,10-11,16H2,1-3H3. The van der Waals surface area contributed by atoms with E-state index in [1.165, 1.54) is 36.9 Å². The first kappa shape index (κ1) is 13.9. The number of nitrogens with two attached hydrogens (primary N) is 1. The molecule has 0 bridgehead atoms. The number of aryl methyl sites for hydroxylation is 1. The van der Waals surface area contributed by atoms with Crippen molar-refractivity contribution in [3.05, 3.63) is 23.8 Å². The Bertz CT molecular complexity index is 326. The largest absolute Gasteiger partial charge is 0.397 e. The van der Waals surface area contributed by atoms with Gasteiger partial charge in [-0.15, -0.1) is 0 Å². The number of nitrogen functional groups attached to an aromatic ring is 1. The highest BCUT2D eigenvalue weighted by Crippen LogP contribution is 2.25. The summed E-state index contributed by atoms with van der Waals surface area (Å²) in [6.07, 6.45) is 4.93. The molecule has 1 rings (SSSR count). The second-order valence-corrected chi connectivity index (χ2v) is 4.76. The molecule has 0 heterocycles. The van der Waals surface area contributed by atoms with Crippen LogP contribution in [0.3, 0.4) is 0 Å². The molecule has 0 aromatic heterocycles. The van der Waals surface area contributed by atoms with Crippen LogP contribution in [-0.4, -0.2) is 13.1 Å². The van der Waals surface area contributed by atoms with Crippen LogP contribution in [0.5, 0.6) is 0 Å². The number of hydrogen-bond acceptors (Lipinski definition) is 2. The van der Waals surface area contributed by atoms with E-state index < -0.39 is 0 Å². The zero-order valence-corrected chi connectivity index (χ0v) is 11.5. The van der Waals surface area contributed by atoms with Gasteiger partial charge in [-0.1, -0.05) is 32.8 Å². The van der Waals surface area contributed by atoms with Crippen LogP contribution < -0.4 is 10.6 Å². The second-order valence-electron chi connectivity index (χ2n) is 4.76. The first-order chi connectivity index (χ1) is 8.19. The van der Waals surface area contributed by atoms with Crippen LogP contribution in [-0.2, 0) is 0 Å². The van der Waals surface area contributed by atoms with Gasteiger partial charge in [0.1, 0.15) is 0 Å². The summed E-state index contributed by atoms with van der Waals surface area (Å²) in [5.74, 6) is 0. The highest BCUT2D eigenvalue weighted by atomic mass is 15.1. The first-order valence-corrected chi connectivity index (χ1v) is 6.80. The Hall–Kier alpha value is -1.18. The SMILES string of the molecule is CCCCN(CCCC)c1cc(C)ccc1N. The van der Waals surface area contributed by atoms with E-state index >= 15 is 0 Å². The van der Waals surface area contributed by atoms with Crippen molar-refractivity contribution in [1.29, 1.82) is 0 Å². The van der Waals surface area contributed by atoms with Crippen molar-refractivity contribution in [2.24, 2.45) is 0 Å². The van der Waals surface area contributed by atoms with Gasteiger partial charge in [0.15, 0.2) is 0 Å². The monoisotopic (exact) mass is 234 g/mol. The summed E-state index contributed by atoms with van der Waals surface area (Å²) in [7, 11) is 0. The summed E-state index contributed by atoms with van der Waals surface area (Å²) in [5.41, 5.74) is 9.50. The van der Waals surface area contributed by atoms with E-state index in [0.29, 0.717) is 0 Å². The molecule has 17 heavy (non-hydrogen) atoms. The minimum atomic E-state index is 0.905. The van der Waals surface area contributed by atoms with Gasteiger partial charge in [-0.25, -0.2) is 0 Å². The van der Waals surface area contributed by atoms with Crippen LogP contribution in [0.1, 0.15) is 45.1 Å². The van der Waals surface area contributed by atoms with Crippen LogP contribution in [0.25, 0.3) is 0 Å². The Morgan fingerprint density at radius 2 is 1.65 bits per heavy atom. The van der Waals surface area contributed by atoms with Gasteiger partial charge in [0.05, 0.1) is 11.4 Å². The molecule has 2 nitrogen and oxygen atoms in total. The summed E-state index contributed by atoms with van der Waals surface area (Å²) >= 11 is 0. The predicted octanol–water partition coefficient (Wildman–Crippen LogP) is 3.98. The predicted molar refractivity (Wildman–Crippen MR) is 77.6 cm³/mol. The Balaban J connectivity index is 2.82. The molecule has 1 aromatic rings. The van der Waals surface area contributed by atoms with Crippen molar-refractivity contribution in [2.75, 3.05) is 23.7 Å². The molecule has 0 radical (unpaired) electrons. The maximum absolute atomic E-state index is 6.09. The van der Waals surface area contributed by atoms with Gasteiger partial charge in [0.25, 0.3) is 0 Å². The fraction of sp³-hybridized carbons (Fsp3) is 0.600. The lowest BCUT2D eigenvalue weighted by molar-refractivity contribution is 0.678. The smallest absolute Gasteiger partial charge is 0.0602 e. The highest BCUT2D eigenvalue weighted by molar-refractivity contribution is 5.68. The summed E-state index contributed by atoms with van der Waals surface area (Å²) in [6, 6.07) is 6.31. The fourth-order valence-corrected chi connectivity index (χ4v) is 1.98. The average Bonchev–Trinajstić information content (AvgIpc) is 2.33. The summed E-state index contributed by atoms with van der Waals surface area (Å²) in [4.78, 5) is 2.44. The molecule has 0 fully saturated rings. The van der Waals surface area contributed by atoms with Crippen molar-refractivity contribution >= 4 is 11.4 Å². The number of nitrogens with zero attached hydrogens (tertiary/aromatic N) is 1. The van der Waals surface area contributed by atoms with Crippen LogP contribution in [0.4, 0.5) is 11.4 Å². The molecular formula is C15H26N2. The lowest BCUT2D eigenvalue weighted by Crippen LogP contribution is -2.26.